The van der Waals surface area contributed by atoms with Crippen LogP contribution in [0.5, 0.6) is 0 Å². The molecule has 0 radical (unpaired) electrons. The SMILES string of the molecule is [C-]#[N+]c1ccc(NC(=O)OC(C)(C)C)c(Cl)c1. The van der Waals surface area contributed by atoms with Crippen LogP contribution in [0, 0.1) is 6.57 Å². The molecule has 1 amide bonds. The predicted octanol–water partition coefficient (Wildman–Crippen LogP) is 4.24. The first kappa shape index (κ1) is 13.3. The fourth-order valence-electron chi connectivity index (χ4n) is 1.09. The molecule has 17 heavy (non-hydrogen) atoms. The number of nitrogens with one attached hydrogen (secondary N) is 1. The Labute approximate surface area is 105 Å². The minimum absolute atomic E-state index is 0.310. The third kappa shape index (κ3) is 4.33. The van der Waals surface area contributed by atoms with E-state index in [2.05, 4.69) is 10.2 Å². The van der Waals surface area contributed by atoms with Crippen LogP contribution in [0.15, 0.2) is 18.2 Å². The Morgan fingerprint density at radius 2 is 2.12 bits per heavy atom. The van der Waals surface area contributed by atoms with Gasteiger partial charge in [0.2, 0.25) is 0 Å². The number of benzene rings is 1. The number of carbonyl (C=O) groups excluding carboxylic acids is 1. The second-order valence-corrected chi connectivity index (χ2v) is 4.81. The van der Waals surface area contributed by atoms with Crippen molar-refractivity contribution in [1.82, 2.24) is 0 Å². The fourth-order valence-corrected chi connectivity index (χ4v) is 1.31. The van der Waals surface area contributed by atoms with Crippen LogP contribution in [0.3, 0.4) is 0 Å². The van der Waals surface area contributed by atoms with Gasteiger partial charge in [-0.2, -0.15) is 0 Å². The van der Waals surface area contributed by atoms with Crippen LogP contribution in [0.25, 0.3) is 4.85 Å². The minimum Gasteiger partial charge on any atom is -0.444 e. The first-order valence-corrected chi connectivity index (χ1v) is 5.36. The van der Waals surface area contributed by atoms with Crippen LogP contribution < -0.4 is 5.32 Å². The maximum atomic E-state index is 11.5. The van der Waals surface area contributed by atoms with Crippen molar-refractivity contribution in [3.8, 4) is 0 Å². The van der Waals surface area contributed by atoms with Gasteiger partial charge in [0.1, 0.15) is 5.60 Å². The second kappa shape index (κ2) is 5.07. The Hall–Kier alpha value is -1.73. The van der Waals surface area contributed by atoms with Crippen molar-refractivity contribution in [2.75, 3.05) is 5.32 Å². The first-order chi connectivity index (χ1) is 7.81. The summed E-state index contributed by atoms with van der Waals surface area (Å²) < 4.78 is 5.08. The Kier molecular flexibility index (Phi) is 3.97. The molecule has 1 aromatic carbocycles. The average molecular weight is 253 g/mol. The van der Waals surface area contributed by atoms with E-state index in [0.717, 1.165) is 0 Å². The number of anilines is 1. The van der Waals surface area contributed by atoms with Crippen LogP contribution in [0.1, 0.15) is 20.8 Å². The summed E-state index contributed by atoms with van der Waals surface area (Å²) >= 11 is 5.91. The monoisotopic (exact) mass is 252 g/mol. The molecule has 0 saturated heterocycles. The van der Waals surface area contributed by atoms with E-state index in [9.17, 15) is 4.79 Å². The van der Waals surface area contributed by atoms with E-state index in [1.165, 1.54) is 6.07 Å². The molecule has 5 heteroatoms. The number of rotatable bonds is 1. The van der Waals surface area contributed by atoms with E-state index >= 15 is 0 Å². The zero-order valence-electron chi connectivity index (χ0n) is 9.87. The van der Waals surface area contributed by atoms with E-state index in [-0.39, 0.29) is 0 Å². The lowest BCUT2D eigenvalue weighted by molar-refractivity contribution is 0.0636. The van der Waals surface area contributed by atoms with Gasteiger partial charge in [0.15, 0.2) is 5.69 Å². The van der Waals surface area contributed by atoms with Crippen LogP contribution in [0.2, 0.25) is 5.02 Å². The van der Waals surface area contributed by atoms with E-state index < -0.39 is 11.7 Å². The molecule has 0 unspecified atom stereocenters. The van der Waals surface area contributed by atoms with E-state index in [4.69, 9.17) is 22.9 Å². The highest BCUT2D eigenvalue weighted by atomic mass is 35.5. The van der Waals surface area contributed by atoms with Gasteiger partial charge in [-0.25, -0.2) is 9.64 Å². The van der Waals surface area contributed by atoms with Gasteiger partial charge >= 0.3 is 6.09 Å². The standard InChI is InChI=1S/C12H13ClN2O2/c1-12(2,3)17-11(16)15-10-6-5-8(14-4)7-9(10)13/h5-7H,1-3H3,(H,15,16). The quantitative estimate of drug-likeness (QED) is 0.760. The smallest absolute Gasteiger partial charge is 0.412 e. The number of carbonyl (C=O) groups is 1. The zero-order chi connectivity index (χ0) is 13.1. The van der Waals surface area contributed by atoms with Crippen LogP contribution >= 0.6 is 11.6 Å². The number of nitrogens with zero attached hydrogens (tertiary/aromatic N) is 1. The lowest BCUT2D eigenvalue weighted by Gasteiger charge is -2.20. The van der Waals surface area contributed by atoms with Crippen molar-refractivity contribution in [1.29, 1.82) is 0 Å². The van der Waals surface area contributed by atoms with Gasteiger partial charge < -0.3 is 4.74 Å². The summed E-state index contributed by atoms with van der Waals surface area (Å²) in [4.78, 5) is 14.7. The van der Waals surface area contributed by atoms with Gasteiger partial charge in [0.05, 0.1) is 17.3 Å². The van der Waals surface area contributed by atoms with Crippen molar-refractivity contribution in [3.05, 3.63) is 34.6 Å². The number of amides is 1. The van der Waals surface area contributed by atoms with Crippen LogP contribution in [-0.2, 0) is 4.74 Å². The Balaban J connectivity index is 2.76. The third-order valence-corrected chi connectivity index (χ3v) is 2.03. The van der Waals surface area contributed by atoms with E-state index in [1.54, 1.807) is 32.9 Å². The molecule has 0 aromatic heterocycles. The number of hydrogen-bond acceptors (Lipinski definition) is 2. The lowest BCUT2D eigenvalue weighted by Crippen LogP contribution is -2.27. The highest BCUT2D eigenvalue weighted by Gasteiger charge is 2.16. The molecule has 0 aliphatic heterocycles. The fraction of sp³-hybridized carbons (Fsp3) is 0.333. The Morgan fingerprint density at radius 3 is 2.59 bits per heavy atom. The summed E-state index contributed by atoms with van der Waals surface area (Å²) in [7, 11) is 0. The van der Waals surface area contributed by atoms with Gasteiger partial charge in [-0.1, -0.05) is 17.7 Å². The van der Waals surface area contributed by atoms with Gasteiger partial charge in [-0.3, -0.25) is 5.32 Å². The largest absolute Gasteiger partial charge is 0.444 e. The summed E-state index contributed by atoms with van der Waals surface area (Å²) in [5.41, 5.74) is 0.283. The number of ether oxygens (including phenoxy) is 1. The summed E-state index contributed by atoms with van der Waals surface area (Å²) in [6.45, 7) is 12.1. The Bertz CT molecular complexity index is 472. The zero-order valence-corrected chi connectivity index (χ0v) is 10.6. The van der Waals surface area contributed by atoms with Crippen molar-refractivity contribution >= 4 is 29.1 Å². The van der Waals surface area contributed by atoms with Gasteiger partial charge in [-0.15, -0.1) is 0 Å². The summed E-state index contributed by atoms with van der Waals surface area (Å²) in [6, 6.07) is 4.63. The van der Waals surface area contributed by atoms with Crippen molar-refractivity contribution in [2.45, 2.75) is 26.4 Å². The maximum Gasteiger partial charge on any atom is 0.412 e. The maximum absolute atomic E-state index is 11.5. The molecule has 1 aromatic rings. The number of halogens is 1. The first-order valence-electron chi connectivity index (χ1n) is 4.99. The van der Waals surface area contributed by atoms with Crippen LogP contribution in [-0.4, -0.2) is 11.7 Å². The summed E-state index contributed by atoms with van der Waals surface area (Å²) in [5, 5.41) is 2.83. The Morgan fingerprint density at radius 1 is 1.47 bits per heavy atom. The molecule has 90 valence electrons. The minimum atomic E-state index is -0.574. The summed E-state index contributed by atoms with van der Waals surface area (Å²) in [6.07, 6.45) is -0.574. The molecule has 1 rings (SSSR count). The molecular formula is C12H13ClN2O2. The molecule has 0 saturated carbocycles. The summed E-state index contributed by atoms with van der Waals surface area (Å²) in [5.74, 6) is 0. The molecule has 0 bridgehead atoms. The molecular weight excluding hydrogens is 240 g/mol. The van der Waals surface area contributed by atoms with Gasteiger partial charge in [0.25, 0.3) is 0 Å². The molecule has 0 aliphatic carbocycles. The molecule has 0 atom stereocenters. The normalized spacial score (nSPS) is 10.5. The predicted molar refractivity (Wildman–Crippen MR) is 67.6 cm³/mol. The van der Waals surface area contributed by atoms with E-state index in [1.807, 2.05) is 0 Å². The molecule has 0 fully saturated rings. The highest BCUT2D eigenvalue weighted by molar-refractivity contribution is 6.34. The van der Waals surface area contributed by atoms with Crippen molar-refractivity contribution in [3.63, 3.8) is 0 Å². The molecule has 0 heterocycles. The van der Waals surface area contributed by atoms with Crippen molar-refractivity contribution in [2.24, 2.45) is 0 Å². The third-order valence-electron chi connectivity index (χ3n) is 1.72. The molecule has 1 N–H and O–H groups in total. The van der Waals surface area contributed by atoms with Crippen LogP contribution in [0.4, 0.5) is 16.2 Å². The lowest BCUT2D eigenvalue weighted by atomic mass is 10.2. The van der Waals surface area contributed by atoms with Gasteiger partial charge in [-0.05, 0) is 32.9 Å². The van der Waals surface area contributed by atoms with Crippen molar-refractivity contribution < 1.29 is 9.53 Å². The highest BCUT2D eigenvalue weighted by Crippen LogP contribution is 2.27. The molecule has 4 nitrogen and oxygen atoms in total. The molecule has 0 aliphatic rings. The number of hydrogen-bond donors (Lipinski definition) is 1. The molecule has 0 spiro atoms. The van der Waals surface area contributed by atoms with E-state index in [0.29, 0.717) is 16.4 Å². The van der Waals surface area contributed by atoms with Gasteiger partial charge in [0, 0.05) is 0 Å². The second-order valence-electron chi connectivity index (χ2n) is 4.40. The average Bonchev–Trinajstić information content (AvgIpc) is 2.18. The topological polar surface area (TPSA) is 42.7 Å².